The molecule has 6 heteroatoms. The standard InChI is InChI=1S/C22H28N2O4/c1-5-24(18-8-6-7-16(2)13-18)22(26)15-21(25)23-12-11-17-9-10-19(27-3)20(14-17)28-4/h6-10,13-14H,5,11-12,15H2,1-4H3,(H,23,25). The third-order valence-electron chi connectivity index (χ3n) is 4.43. The Bertz CT molecular complexity index is 820. The van der Waals surface area contributed by atoms with E-state index in [1.807, 2.05) is 56.3 Å². The molecule has 0 spiro atoms. The van der Waals surface area contributed by atoms with Crippen LogP contribution in [0.3, 0.4) is 0 Å². The molecule has 0 aliphatic carbocycles. The number of methoxy groups -OCH3 is 2. The molecule has 0 saturated carbocycles. The molecule has 150 valence electrons. The van der Waals surface area contributed by atoms with Gasteiger partial charge in [0.1, 0.15) is 6.42 Å². The van der Waals surface area contributed by atoms with Crippen LogP contribution in [-0.4, -0.2) is 39.1 Å². The average Bonchev–Trinajstić information content (AvgIpc) is 2.68. The monoisotopic (exact) mass is 384 g/mol. The minimum atomic E-state index is -0.281. The Labute approximate surface area is 166 Å². The van der Waals surface area contributed by atoms with E-state index in [0.717, 1.165) is 16.8 Å². The Kier molecular flexibility index (Phi) is 7.87. The third-order valence-corrected chi connectivity index (χ3v) is 4.43. The third kappa shape index (κ3) is 5.74. The maximum absolute atomic E-state index is 12.5. The lowest BCUT2D eigenvalue weighted by Gasteiger charge is -2.21. The van der Waals surface area contributed by atoms with E-state index in [0.29, 0.717) is 31.0 Å². The van der Waals surface area contributed by atoms with Crippen molar-refractivity contribution >= 4 is 17.5 Å². The van der Waals surface area contributed by atoms with Gasteiger partial charge in [0.25, 0.3) is 0 Å². The van der Waals surface area contributed by atoms with E-state index in [1.54, 1.807) is 19.1 Å². The molecule has 0 bridgehead atoms. The number of carbonyl (C=O) groups excluding carboxylic acids is 2. The minimum Gasteiger partial charge on any atom is -0.493 e. The highest BCUT2D eigenvalue weighted by Crippen LogP contribution is 2.27. The van der Waals surface area contributed by atoms with Gasteiger partial charge in [0, 0.05) is 18.8 Å². The summed E-state index contributed by atoms with van der Waals surface area (Å²) in [6, 6.07) is 13.3. The normalized spacial score (nSPS) is 10.3. The molecule has 2 amide bonds. The van der Waals surface area contributed by atoms with Crippen molar-refractivity contribution in [2.24, 2.45) is 0 Å². The van der Waals surface area contributed by atoms with Crippen LogP contribution in [-0.2, 0) is 16.0 Å². The average molecular weight is 384 g/mol. The SMILES string of the molecule is CCN(C(=O)CC(=O)NCCc1ccc(OC)c(OC)c1)c1cccc(C)c1. The number of rotatable bonds is 9. The van der Waals surface area contributed by atoms with Crippen molar-refractivity contribution in [3.8, 4) is 11.5 Å². The van der Waals surface area contributed by atoms with Crippen LogP contribution in [0, 0.1) is 6.92 Å². The predicted octanol–water partition coefficient (Wildman–Crippen LogP) is 3.11. The zero-order chi connectivity index (χ0) is 20.5. The molecule has 0 heterocycles. The second-order valence-corrected chi connectivity index (χ2v) is 6.44. The number of hydrogen-bond donors (Lipinski definition) is 1. The summed E-state index contributed by atoms with van der Waals surface area (Å²) in [5.41, 5.74) is 2.90. The number of aryl methyl sites for hydroxylation is 1. The molecule has 28 heavy (non-hydrogen) atoms. The topological polar surface area (TPSA) is 67.9 Å². The number of ether oxygens (including phenoxy) is 2. The number of anilines is 1. The first-order valence-corrected chi connectivity index (χ1v) is 9.33. The van der Waals surface area contributed by atoms with Gasteiger partial charge in [-0.2, -0.15) is 0 Å². The van der Waals surface area contributed by atoms with E-state index in [4.69, 9.17) is 9.47 Å². The van der Waals surface area contributed by atoms with Gasteiger partial charge in [-0.15, -0.1) is 0 Å². The van der Waals surface area contributed by atoms with Crippen LogP contribution in [0.4, 0.5) is 5.69 Å². The Morgan fingerprint density at radius 2 is 1.79 bits per heavy atom. The van der Waals surface area contributed by atoms with Gasteiger partial charge < -0.3 is 19.7 Å². The van der Waals surface area contributed by atoms with Crippen molar-refractivity contribution in [1.29, 1.82) is 0 Å². The first-order valence-electron chi connectivity index (χ1n) is 9.33. The molecule has 2 rings (SSSR count). The highest BCUT2D eigenvalue weighted by Gasteiger charge is 2.17. The summed E-state index contributed by atoms with van der Waals surface area (Å²) in [5, 5.41) is 2.81. The van der Waals surface area contributed by atoms with Crippen molar-refractivity contribution in [3.05, 3.63) is 53.6 Å². The van der Waals surface area contributed by atoms with Gasteiger partial charge >= 0.3 is 0 Å². The molecule has 6 nitrogen and oxygen atoms in total. The number of benzene rings is 2. The second kappa shape index (κ2) is 10.3. The van der Waals surface area contributed by atoms with Crippen LogP contribution in [0.25, 0.3) is 0 Å². The summed E-state index contributed by atoms with van der Waals surface area (Å²) in [7, 11) is 3.17. The fourth-order valence-electron chi connectivity index (χ4n) is 2.98. The van der Waals surface area contributed by atoms with Crippen molar-refractivity contribution in [2.45, 2.75) is 26.7 Å². The molecule has 2 aromatic rings. The van der Waals surface area contributed by atoms with Crippen LogP contribution >= 0.6 is 0 Å². The van der Waals surface area contributed by atoms with Crippen molar-refractivity contribution < 1.29 is 19.1 Å². The van der Waals surface area contributed by atoms with Crippen LogP contribution < -0.4 is 19.7 Å². The summed E-state index contributed by atoms with van der Waals surface area (Å²) < 4.78 is 10.5. The van der Waals surface area contributed by atoms with E-state index in [2.05, 4.69) is 5.32 Å². The van der Waals surface area contributed by atoms with E-state index < -0.39 is 0 Å². The molecule has 0 aliphatic heterocycles. The summed E-state index contributed by atoms with van der Waals surface area (Å²) >= 11 is 0. The Hall–Kier alpha value is -3.02. The maximum atomic E-state index is 12.5. The van der Waals surface area contributed by atoms with Gasteiger partial charge in [-0.25, -0.2) is 0 Å². The van der Waals surface area contributed by atoms with Crippen LogP contribution in [0.2, 0.25) is 0 Å². The number of hydrogen-bond acceptors (Lipinski definition) is 4. The molecule has 1 N–H and O–H groups in total. The molecule has 0 saturated heterocycles. The van der Waals surface area contributed by atoms with Gasteiger partial charge in [-0.3, -0.25) is 9.59 Å². The van der Waals surface area contributed by atoms with E-state index in [1.165, 1.54) is 0 Å². The van der Waals surface area contributed by atoms with Gasteiger partial charge in [-0.1, -0.05) is 18.2 Å². The minimum absolute atomic E-state index is 0.173. The lowest BCUT2D eigenvalue weighted by atomic mass is 10.1. The number of amides is 2. The van der Waals surface area contributed by atoms with Crippen LogP contribution in [0.5, 0.6) is 11.5 Å². The molecule has 0 fully saturated rings. The highest BCUT2D eigenvalue weighted by molar-refractivity contribution is 6.04. The Morgan fingerprint density at radius 3 is 2.43 bits per heavy atom. The molecule has 0 unspecified atom stereocenters. The van der Waals surface area contributed by atoms with Gasteiger partial charge in [-0.05, 0) is 55.7 Å². The number of nitrogens with one attached hydrogen (secondary N) is 1. The van der Waals surface area contributed by atoms with Gasteiger partial charge in [0.05, 0.1) is 14.2 Å². The molecule has 0 atom stereocenters. The van der Waals surface area contributed by atoms with Crippen LogP contribution in [0.15, 0.2) is 42.5 Å². The molecule has 0 radical (unpaired) electrons. The van der Waals surface area contributed by atoms with Crippen molar-refractivity contribution in [3.63, 3.8) is 0 Å². The molecular formula is C22H28N2O4. The lowest BCUT2D eigenvalue weighted by Crippen LogP contribution is -2.36. The molecule has 2 aromatic carbocycles. The zero-order valence-corrected chi connectivity index (χ0v) is 17.0. The fourth-order valence-corrected chi connectivity index (χ4v) is 2.98. The number of nitrogens with zero attached hydrogens (tertiary/aromatic N) is 1. The van der Waals surface area contributed by atoms with Crippen LogP contribution in [0.1, 0.15) is 24.5 Å². The fraction of sp³-hybridized carbons (Fsp3) is 0.364. The summed E-state index contributed by atoms with van der Waals surface area (Å²) in [6.07, 6.45) is 0.462. The van der Waals surface area contributed by atoms with Gasteiger partial charge in [0.15, 0.2) is 11.5 Å². The van der Waals surface area contributed by atoms with Crippen molar-refractivity contribution in [2.75, 3.05) is 32.2 Å². The lowest BCUT2D eigenvalue weighted by molar-refractivity contribution is -0.127. The molecular weight excluding hydrogens is 356 g/mol. The summed E-state index contributed by atoms with van der Waals surface area (Å²) in [6.45, 7) is 4.83. The second-order valence-electron chi connectivity index (χ2n) is 6.44. The quantitative estimate of drug-likeness (QED) is 0.675. The first-order chi connectivity index (χ1) is 13.5. The highest BCUT2D eigenvalue weighted by atomic mass is 16.5. The maximum Gasteiger partial charge on any atom is 0.236 e. The summed E-state index contributed by atoms with van der Waals surface area (Å²) in [5.74, 6) is 0.822. The molecule has 0 aromatic heterocycles. The van der Waals surface area contributed by atoms with Gasteiger partial charge in [0.2, 0.25) is 11.8 Å². The van der Waals surface area contributed by atoms with E-state index >= 15 is 0 Å². The largest absolute Gasteiger partial charge is 0.493 e. The molecule has 0 aliphatic rings. The Morgan fingerprint density at radius 1 is 1.04 bits per heavy atom. The van der Waals surface area contributed by atoms with Crippen molar-refractivity contribution in [1.82, 2.24) is 5.32 Å². The summed E-state index contributed by atoms with van der Waals surface area (Å²) in [4.78, 5) is 26.3. The zero-order valence-electron chi connectivity index (χ0n) is 17.0. The van der Waals surface area contributed by atoms with E-state index in [-0.39, 0.29) is 18.2 Å². The smallest absolute Gasteiger partial charge is 0.236 e. The first kappa shape index (κ1) is 21.3. The van der Waals surface area contributed by atoms with E-state index in [9.17, 15) is 9.59 Å². The number of carbonyl (C=O) groups is 2. The predicted molar refractivity (Wildman–Crippen MR) is 110 cm³/mol. The Balaban J connectivity index is 1.87.